The smallest absolute Gasteiger partial charge is 0.200 e. The number of hydrogen-bond donors (Lipinski definition) is 4. The van der Waals surface area contributed by atoms with Crippen molar-refractivity contribution in [3.8, 4) is 40.1 Å². The number of aromatic hydroxyl groups is 4. The lowest BCUT2D eigenvalue weighted by Crippen LogP contribution is -2.25. The molecule has 2 aromatic carbocycles. The molecule has 1 aliphatic rings. The lowest BCUT2D eigenvalue weighted by molar-refractivity contribution is 0.237. The van der Waals surface area contributed by atoms with E-state index in [0.717, 1.165) is 37.8 Å². The van der Waals surface area contributed by atoms with Gasteiger partial charge in [-0.15, -0.1) is 12.4 Å². The molecule has 2 heterocycles. The molecule has 160 valence electrons. The Hall–Kier alpha value is -3.10. The number of fused-ring (bicyclic) bond motifs is 1. The highest BCUT2D eigenvalue weighted by Crippen LogP contribution is 2.39. The lowest BCUT2D eigenvalue weighted by Gasteiger charge is -2.15. The second kappa shape index (κ2) is 8.73. The summed E-state index contributed by atoms with van der Waals surface area (Å²) in [5, 5.41) is 39.2. The van der Waals surface area contributed by atoms with Crippen molar-refractivity contribution in [3.63, 3.8) is 0 Å². The van der Waals surface area contributed by atoms with Gasteiger partial charge in [-0.25, -0.2) is 0 Å². The van der Waals surface area contributed by atoms with Crippen LogP contribution in [-0.4, -0.2) is 51.6 Å². The van der Waals surface area contributed by atoms with Gasteiger partial charge in [0, 0.05) is 30.3 Å². The Bertz CT molecular complexity index is 1100. The lowest BCUT2D eigenvalue weighted by atomic mass is 10.1. The van der Waals surface area contributed by atoms with Crippen LogP contribution in [0.4, 0.5) is 0 Å². The van der Waals surface area contributed by atoms with Crippen molar-refractivity contribution in [2.45, 2.75) is 12.8 Å². The van der Waals surface area contributed by atoms with Crippen LogP contribution in [0, 0.1) is 0 Å². The number of nitrogens with zero attached hydrogens (tertiary/aromatic N) is 1. The molecule has 3 aromatic rings. The minimum atomic E-state index is -0.664. The fourth-order valence-corrected chi connectivity index (χ4v) is 3.51. The summed E-state index contributed by atoms with van der Waals surface area (Å²) in [6.07, 6.45) is 2.38. The quantitative estimate of drug-likeness (QED) is 0.450. The number of rotatable bonds is 5. The third-order valence-electron chi connectivity index (χ3n) is 5.01. The molecule has 1 fully saturated rings. The number of halogens is 1. The van der Waals surface area contributed by atoms with Crippen LogP contribution in [0.25, 0.3) is 22.3 Å². The van der Waals surface area contributed by atoms with Gasteiger partial charge >= 0.3 is 0 Å². The largest absolute Gasteiger partial charge is 0.507 e. The van der Waals surface area contributed by atoms with Gasteiger partial charge in [-0.2, -0.15) is 0 Å². The van der Waals surface area contributed by atoms with Crippen LogP contribution < -0.4 is 10.2 Å². The monoisotopic (exact) mass is 435 g/mol. The Balaban J connectivity index is 0.00000256. The van der Waals surface area contributed by atoms with Gasteiger partial charge in [0.1, 0.15) is 34.8 Å². The molecule has 0 radical (unpaired) electrons. The zero-order chi connectivity index (χ0) is 20.5. The highest BCUT2D eigenvalue weighted by Gasteiger charge is 2.16. The molecule has 1 aromatic heterocycles. The van der Waals surface area contributed by atoms with E-state index in [0.29, 0.717) is 12.4 Å². The van der Waals surface area contributed by atoms with Crippen LogP contribution in [0.3, 0.4) is 0 Å². The van der Waals surface area contributed by atoms with E-state index in [1.165, 1.54) is 25.0 Å². The Morgan fingerprint density at radius 1 is 0.933 bits per heavy atom. The summed E-state index contributed by atoms with van der Waals surface area (Å²) in [5.74, 6) is -1.60. The Labute approximate surface area is 178 Å². The Morgan fingerprint density at radius 2 is 1.60 bits per heavy atom. The first-order valence-electron chi connectivity index (χ1n) is 9.34. The van der Waals surface area contributed by atoms with Gasteiger partial charge in [0.25, 0.3) is 0 Å². The highest BCUT2D eigenvalue weighted by atomic mass is 35.5. The van der Waals surface area contributed by atoms with Crippen molar-refractivity contribution in [3.05, 3.63) is 40.6 Å². The van der Waals surface area contributed by atoms with E-state index in [1.54, 1.807) is 0 Å². The molecule has 0 unspecified atom stereocenters. The molecule has 1 aliphatic heterocycles. The first kappa shape index (κ1) is 21.6. The molecule has 4 N–H and O–H groups in total. The Morgan fingerprint density at radius 3 is 2.27 bits per heavy atom. The number of ether oxygens (including phenoxy) is 1. The van der Waals surface area contributed by atoms with Gasteiger partial charge in [0.15, 0.2) is 22.7 Å². The van der Waals surface area contributed by atoms with Gasteiger partial charge in [-0.3, -0.25) is 9.69 Å². The average molecular weight is 436 g/mol. The summed E-state index contributed by atoms with van der Waals surface area (Å²) < 4.78 is 11.4. The molecule has 0 spiro atoms. The van der Waals surface area contributed by atoms with Crippen molar-refractivity contribution in [1.29, 1.82) is 0 Å². The fraction of sp³-hybridized carbons (Fsp3) is 0.286. The molecule has 9 heteroatoms. The number of likely N-dealkylation sites (tertiary alicyclic amines) is 1. The molecule has 4 rings (SSSR count). The number of hydrogen-bond acceptors (Lipinski definition) is 8. The predicted octanol–water partition coefficient (Wildman–Crippen LogP) is 3.18. The van der Waals surface area contributed by atoms with E-state index >= 15 is 0 Å². The molecular formula is C21H22ClNO7. The highest BCUT2D eigenvalue weighted by molar-refractivity contribution is 5.86. The van der Waals surface area contributed by atoms with Crippen LogP contribution in [-0.2, 0) is 0 Å². The molecule has 8 nitrogen and oxygen atoms in total. The van der Waals surface area contributed by atoms with Gasteiger partial charge in [0.05, 0.1) is 0 Å². The summed E-state index contributed by atoms with van der Waals surface area (Å²) >= 11 is 0. The van der Waals surface area contributed by atoms with Gasteiger partial charge in [0.2, 0.25) is 0 Å². The van der Waals surface area contributed by atoms with E-state index in [2.05, 4.69) is 4.90 Å². The summed E-state index contributed by atoms with van der Waals surface area (Å²) in [6, 6.07) is 6.36. The van der Waals surface area contributed by atoms with Gasteiger partial charge < -0.3 is 29.6 Å². The number of phenolic OH excluding ortho intramolecular Hbond substituents is 4. The maximum atomic E-state index is 12.5. The summed E-state index contributed by atoms with van der Waals surface area (Å²) in [4.78, 5) is 14.8. The van der Waals surface area contributed by atoms with E-state index in [1.807, 2.05) is 0 Å². The SMILES string of the molecule is Cl.O=c1cc(-c2cc(O)c(O)c(O)c2)oc2cc(OCCN3CCCC3)cc(O)c12. The van der Waals surface area contributed by atoms with Gasteiger partial charge in [-0.1, -0.05) is 0 Å². The second-order valence-electron chi connectivity index (χ2n) is 7.05. The molecule has 1 saturated heterocycles. The molecule has 0 bridgehead atoms. The minimum absolute atomic E-state index is 0. The third kappa shape index (κ3) is 4.24. The summed E-state index contributed by atoms with van der Waals surface area (Å²) in [5.41, 5.74) is -0.193. The predicted molar refractivity (Wildman–Crippen MR) is 113 cm³/mol. The topological polar surface area (TPSA) is 124 Å². The first-order chi connectivity index (χ1) is 13.9. The molecule has 0 amide bonds. The van der Waals surface area contributed by atoms with Crippen molar-refractivity contribution in [2.75, 3.05) is 26.2 Å². The zero-order valence-corrected chi connectivity index (χ0v) is 16.8. The van der Waals surface area contributed by atoms with Crippen molar-refractivity contribution >= 4 is 23.4 Å². The van der Waals surface area contributed by atoms with E-state index in [-0.39, 0.29) is 40.4 Å². The zero-order valence-electron chi connectivity index (χ0n) is 16.0. The minimum Gasteiger partial charge on any atom is -0.507 e. The fourth-order valence-electron chi connectivity index (χ4n) is 3.51. The van der Waals surface area contributed by atoms with E-state index < -0.39 is 22.7 Å². The molecule has 0 saturated carbocycles. The van der Waals surface area contributed by atoms with Gasteiger partial charge in [-0.05, 0) is 38.1 Å². The first-order valence-corrected chi connectivity index (χ1v) is 9.34. The molecular weight excluding hydrogens is 414 g/mol. The van der Waals surface area contributed by atoms with Crippen LogP contribution in [0.5, 0.6) is 28.7 Å². The second-order valence-corrected chi connectivity index (χ2v) is 7.05. The number of phenols is 4. The number of benzene rings is 2. The maximum absolute atomic E-state index is 12.5. The van der Waals surface area contributed by atoms with Crippen LogP contribution in [0.2, 0.25) is 0 Å². The maximum Gasteiger partial charge on any atom is 0.200 e. The third-order valence-corrected chi connectivity index (χ3v) is 5.01. The van der Waals surface area contributed by atoms with Crippen molar-refractivity contribution in [1.82, 2.24) is 4.90 Å². The van der Waals surface area contributed by atoms with Crippen LogP contribution in [0.1, 0.15) is 12.8 Å². The van der Waals surface area contributed by atoms with Crippen LogP contribution >= 0.6 is 12.4 Å². The van der Waals surface area contributed by atoms with E-state index in [9.17, 15) is 25.2 Å². The summed E-state index contributed by atoms with van der Waals surface area (Å²) in [7, 11) is 0. The molecule has 30 heavy (non-hydrogen) atoms. The normalized spacial score (nSPS) is 14.0. The average Bonchev–Trinajstić information content (AvgIpc) is 3.18. The molecule has 0 aliphatic carbocycles. The van der Waals surface area contributed by atoms with Crippen LogP contribution in [0.15, 0.2) is 39.5 Å². The Kier molecular flexibility index (Phi) is 6.28. The van der Waals surface area contributed by atoms with Crippen molar-refractivity contribution in [2.24, 2.45) is 0 Å². The van der Waals surface area contributed by atoms with E-state index in [4.69, 9.17) is 9.15 Å². The summed E-state index contributed by atoms with van der Waals surface area (Å²) in [6.45, 7) is 3.32. The standard InChI is InChI=1S/C21H21NO7.ClH/c23-14-9-13(28-6-5-22-3-1-2-4-22)10-19-20(14)15(24)11-18(29-19)12-7-16(25)21(27)17(26)8-12;/h7-11,23,25-27H,1-6H2;1H. The molecule has 0 atom stereocenters. The van der Waals surface area contributed by atoms with Crippen molar-refractivity contribution < 1.29 is 29.6 Å².